The van der Waals surface area contributed by atoms with Gasteiger partial charge in [-0.2, -0.15) is 0 Å². The lowest BCUT2D eigenvalue weighted by Crippen LogP contribution is -2.03. The number of hydrogen-bond donors (Lipinski definition) is 1. The van der Waals surface area contributed by atoms with Crippen molar-refractivity contribution in [2.45, 2.75) is 19.3 Å². The first kappa shape index (κ1) is 14.3. The average Bonchev–Trinajstić information content (AvgIpc) is 2.50. The van der Waals surface area contributed by atoms with Crippen LogP contribution in [-0.4, -0.2) is 19.3 Å². The second-order valence-electron chi connectivity index (χ2n) is 4.64. The number of hydrogen-bond acceptors (Lipinski definition) is 3. The molecule has 20 heavy (non-hydrogen) atoms. The number of benzene rings is 2. The van der Waals surface area contributed by atoms with E-state index in [-0.39, 0.29) is 11.7 Å². The molecule has 1 atom stereocenters. The second kappa shape index (κ2) is 6.33. The molecule has 0 amide bonds. The summed E-state index contributed by atoms with van der Waals surface area (Å²) in [6.45, 7) is 2.14. The molecule has 0 fully saturated rings. The number of phenolic OH excluding ortho intramolecular Hbond substituents is 1. The molecule has 2 aromatic carbocycles. The summed E-state index contributed by atoms with van der Waals surface area (Å²) in [5.74, 6) is 1.45. The molecule has 0 heterocycles. The largest absolute Gasteiger partial charge is 0.504 e. The van der Waals surface area contributed by atoms with Gasteiger partial charge in [-0.3, -0.25) is 0 Å². The van der Waals surface area contributed by atoms with Crippen LogP contribution in [0, 0.1) is 0 Å². The maximum Gasteiger partial charge on any atom is 0.161 e. The van der Waals surface area contributed by atoms with E-state index in [1.807, 2.05) is 24.3 Å². The first-order valence-corrected chi connectivity index (χ1v) is 6.71. The van der Waals surface area contributed by atoms with Gasteiger partial charge in [0.25, 0.3) is 0 Å². The molecule has 0 radical (unpaired) electrons. The Morgan fingerprint density at radius 3 is 2.20 bits per heavy atom. The first-order chi connectivity index (χ1) is 9.71. The number of phenols is 1. The third kappa shape index (κ3) is 2.72. The molecule has 0 aliphatic carbocycles. The maximum atomic E-state index is 9.87. The molecule has 0 bridgehead atoms. The minimum absolute atomic E-state index is 0.0935. The van der Waals surface area contributed by atoms with Crippen LogP contribution in [0.4, 0.5) is 0 Å². The molecule has 0 saturated carbocycles. The van der Waals surface area contributed by atoms with E-state index in [4.69, 9.17) is 9.47 Å². The molecule has 2 rings (SSSR count). The van der Waals surface area contributed by atoms with Crippen molar-refractivity contribution in [1.29, 1.82) is 0 Å². The quantitative estimate of drug-likeness (QED) is 0.895. The number of methoxy groups -OCH3 is 2. The topological polar surface area (TPSA) is 38.7 Å². The Morgan fingerprint density at radius 2 is 1.65 bits per heavy atom. The van der Waals surface area contributed by atoms with Crippen LogP contribution in [0.3, 0.4) is 0 Å². The van der Waals surface area contributed by atoms with Gasteiger partial charge in [-0.05, 0) is 18.1 Å². The van der Waals surface area contributed by atoms with E-state index in [1.54, 1.807) is 20.3 Å². The zero-order valence-corrected chi connectivity index (χ0v) is 12.1. The molecule has 106 valence electrons. The predicted octanol–water partition coefficient (Wildman–Crippen LogP) is 3.95. The molecular weight excluding hydrogens is 252 g/mol. The van der Waals surface area contributed by atoms with Gasteiger partial charge in [-0.15, -0.1) is 0 Å². The molecule has 3 heteroatoms. The molecule has 3 nitrogen and oxygen atoms in total. The number of ether oxygens (including phenoxy) is 2. The predicted molar refractivity (Wildman–Crippen MR) is 79.8 cm³/mol. The van der Waals surface area contributed by atoms with Crippen molar-refractivity contribution in [3.05, 3.63) is 53.6 Å². The maximum absolute atomic E-state index is 9.87. The lowest BCUT2D eigenvalue weighted by Gasteiger charge is -2.20. The fraction of sp³-hybridized carbons (Fsp3) is 0.294. The molecule has 0 aliphatic heterocycles. The van der Waals surface area contributed by atoms with E-state index in [0.29, 0.717) is 11.5 Å². The Balaban J connectivity index is 2.53. The van der Waals surface area contributed by atoms with Gasteiger partial charge in [-0.25, -0.2) is 0 Å². The molecule has 0 saturated heterocycles. The van der Waals surface area contributed by atoms with Crippen molar-refractivity contribution < 1.29 is 14.6 Å². The van der Waals surface area contributed by atoms with E-state index in [2.05, 4.69) is 19.1 Å². The van der Waals surface area contributed by atoms with Crippen LogP contribution in [0.25, 0.3) is 0 Å². The first-order valence-electron chi connectivity index (χ1n) is 6.71. The Labute approximate surface area is 119 Å². The molecular formula is C17H20O3. The van der Waals surface area contributed by atoms with Gasteiger partial charge in [-0.1, -0.05) is 37.3 Å². The van der Waals surface area contributed by atoms with Crippen LogP contribution in [0.15, 0.2) is 42.5 Å². The van der Waals surface area contributed by atoms with Crippen LogP contribution < -0.4 is 9.47 Å². The van der Waals surface area contributed by atoms with Crippen molar-refractivity contribution in [2.75, 3.05) is 14.2 Å². The van der Waals surface area contributed by atoms with Gasteiger partial charge in [0.15, 0.2) is 11.5 Å². The highest BCUT2D eigenvalue weighted by molar-refractivity contribution is 5.53. The van der Waals surface area contributed by atoms with Crippen molar-refractivity contribution >= 4 is 0 Å². The van der Waals surface area contributed by atoms with Crippen molar-refractivity contribution in [3.8, 4) is 17.2 Å². The fourth-order valence-electron chi connectivity index (χ4n) is 2.50. The van der Waals surface area contributed by atoms with E-state index >= 15 is 0 Å². The van der Waals surface area contributed by atoms with Gasteiger partial charge in [0, 0.05) is 17.5 Å². The van der Waals surface area contributed by atoms with Crippen molar-refractivity contribution in [3.63, 3.8) is 0 Å². The van der Waals surface area contributed by atoms with Crippen LogP contribution in [-0.2, 0) is 0 Å². The standard InChI is InChI=1S/C17H20O3/c1-4-13(12-8-6-5-7-9-12)14-10-17(20-3)15(18)11-16(14)19-2/h5-11,13,18H,4H2,1-3H3/t13-/m0/s1. The van der Waals surface area contributed by atoms with Crippen molar-refractivity contribution in [2.24, 2.45) is 0 Å². The van der Waals surface area contributed by atoms with E-state index in [0.717, 1.165) is 12.0 Å². The van der Waals surface area contributed by atoms with Crippen molar-refractivity contribution in [1.82, 2.24) is 0 Å². The molecule has 0 aliphatic rings. The molecule has 0 spiro atoms. The summed E-state index contributed by atoms with van der Waals surface area (Å²) in [5, 5.41) is 9.87. The SMILES string of the molecule is CC[C@@H](c1ccccc1)c1cc(OC)c(O)cc1OC. The summed E-state index contributed by atoms with van der Waals surface area (Å²) in [6, 6.07) is 13.7. The lowest BCUT2D eigenvalue weighted by molar-refractivity contribution is 0.362. The second-order valence-corrected chi connectivity index (χ2v) is 4.64. The lowest BCUT2D eigenvalue weighted by atomic mass is 9.88. The Morgan fingerprint density at radius 1 is 1.00 bits per heavy atom. The van der Waals surface area contributed by atoms with Crippen LogP contribution >= 0.6 is 0 Å². The third-order valence-electron chi connectivity index (χ3n) is 3.52. The summed E-state index contributed by atoms with van der Waals surface area (Å²) >= 11 is 0. The highest BCUT2D eigenvalue weighted by Gasteiger charge is 2.19. The van der Waals surface area contributed by atoms with Crippen LogP contribution in [0.5, 0.6) is 17.2 Å². The van der Waals surface area contributed by atoms with Crippen LogP contribution in [0.1, 0.15) is 30.4 Å². The van der Waals surface area contributed by atoms with Gasteiger partial charge < -0.3 is 14.6 Å². The summed E-state index contributed by atoms with van der Waals surface area (Å²) in [4.78, 5) is 0. The summed E-state index contributed by atoms with van der Waals surface area (Å²) in [7, 11) is 3.16. The minimum Gasteiger partial charge on any atom is -0.504 e. The van der Waals surface area contributed by atoms with Gasteiger partial charge in [0.2, 0.25) is 0 Å². The van der Waals surface area contributed by atoms with E-state index in [1.165, 1.54) is 5.56 Å². The normalized spacial score (nSPS) is 11.9. The molecule has 2 aromatic rings. The molecule has 1 N–H and O–H groups in total. The van der Waals surface area contributed by atoms with E-state index < -0.39 is 0 Å². The Hall–Kier alpha value is -2.16. The van der Waals surface area contributed by atoms with Gasteiger partial charge >= 0.3 is 0 Å². The monoisotopic (exact) mass is 272 g/mol. The molecule has 0 aromatic heterocycles. The summed E-state index contributed by atoms with van der Waals surface area (Å²) < 4.78 is 10.6. The van der Waals surface area contributed by atoms with Crippen LogP contribution in [0.2, 0.25) is 0 Å². The number of aromatic hydroxyl groups is 1. The van der Waals surface area contributed by atoms with E-state index in [9.17, 15) is 5.11 Å². The number of rotatable bonds is 5. The zero-order valence-electron chi connectivity index (χ0n) is 12.1. The zero-order chi connectivity index (χ0) is 14.5. The summed E-state index contributed by atoms with van der Waals surface area (Å²) in [6.07, 6.45) is 0.939. The summed E-state index contributed by atoms with van der Waals surface area (Å²) in [5.41, 5.74) is 2.25. The fourth-order valence-corrected chi connectivity index (χ4v) is 2.50. The van der Waals surface area contributed by atoms with Gasteiger partial charge in [0.05, 0.1) is 14.2 Å². The smallest absolute Gasteiger partial charge is 0.161 e. The van der Waals surface area contributed by atoms with Gasteiger partial charge in [0.1, 0.15) is 5.75 Å². The Kier molecular flexibility index (Phi) is 4.51. The highest BCUT2D eigenvalue weighted by Crippen LogP contribution is 2.40. The third-order valence-corrected chi connectivity index (χ3v) is 3.52. The highest BCUT2D eigenvalue weighted by atomic mass is 16.5. The molecule has 0 unspecified atom stereocenters. The average molecular weight is 272 g/mol. The minimum atomic E-state index is 0.0935. The Bertz CT molecular complexity index is 564.